The largest absolute Gasteiger partial charge is 0.416 e. The number of hydrogen-bond acceptors (Lipinski definition) is 3. The highest BCUT2D eigenvalue weighted by Gasteiger charge is 2.31. The van der Waals surface area contributed by atoms with Crippen molar-refractivity contribution in [2.45, 2.75) is 33.4 Å². The Hall–Kier alpha value is -6.54. The van der Waals surface area contributed by atoms with Crippen LogP contribution < -0.4 is 10.6 Å². The van der Waals surface area contributed by atoms with Crippen LogP contribution in [0.3, 0.4) is 0 Å². The Bertz CT molecular complexity index is 2670. The van der Waals surface area contributed by atoms with Crippen molar-refractivity contribution in [1.82, 2.24) is 14.1 Å². The highest BCUT2D eigenvalue weighted by molar-refractivity contribution is 6.10. The molecule has 0 radical (unpaired) electrons. The summed E-state index contributed by atoms with van der Waals surface area (Å²) in [6.07, 6.45) is 2.22. The number of hydrogen-bond donors (Lipinski definition) is 2. The number of aromatic nitrogens is 3. The van der Waals surface area contributed by atoms with Crippen LogP contribution in [0.1, 0.15) is 32.8 Å². The first-order valence-corrected chi connectivity index (χ1v) is 18.0. The number of pyridine rings is 1. The monoisotopic (exact) mass is 717 g/mol. The SMILES string of the molecule is CC/C(C)=C(/C=C\C=C(/C)n1c2ccccc2c2ccccc21)Nc1ccc(C(F)(F)F)cc1Nc1cccc(-n2c3ccccc3c3ccccc32)n1. The van der Waals surface area contributed by atoms with Gasteiger partial charge in [0.2, 0.25) is 0 Å². The Balaban J connectivity index is 1.14. The maximum absolute atomic E-state index is 14.1. The van der Waals surface area contributed by atoms with Gasteiger partial charge in [-0.1, -0.05) is 97.4 Å². The third kappa shape index (κ3) is 6.40. The van der Waals surface area contributed by atoms with E-state index in [-0.39, 0.29) is 5.69 Å². The minimum atomic E-state index is -4.53. The summed E-state index contributed by atoms with van der Waals surface area (Å²) in [7, 11) is 0. The van der Waals surface area contributed by atoms with Crippen molar-refractivity contribution in [3.8, 4) is 5.82 Å². The quantitative estimate of drug-likeness (QED) is 0.146. The van der Waals surface area contributed by atoms with Crippen LogP contribution in [-0.2, 0) is 6.18 Å². The number of benzene rings is 5. The molecule has 0 aliphatic carbocycles. The molecule has 2 N–H and O–H groups in total. The van der Waals surface area contributed by atoms with Crippen LogP contribution in [0.25, 0.3) is 55.1 Å². The minimum Gasteiger partial charge on any atom is -0.354 e. The number of fused-ring (bicyclic) bond motifs is 6. The van der Waals surface area contributed by atoms with Crippen molar-refractivity contribution in [1.29, 1.82) is 0 Å². The first-order chi connectivity index (χ1) is 26.2. The minimum absolute atomic E-state index is 0.253. The van der Waals surface area contributed by atoms with Gasteiger partial charge < -0.3 is 15.2 Å². The lowest BCUT2D eigenvalue weighted by atomic mass is 10.1. The first-order valence-electron chi connectivity index (χ1n) is 18.0. The predicted octanol–water partition coefficient (Wildman–Crippen LogP) is 13.3. The highest BCUT2D eigenvalue weighted by Crippen LogP contribution is 2.37. The number of nitrogens with zero attached hydrogens (tertiary/aromatic N) is 3. The van der Waals surface area contributed by atoms with Crippen LogP contribution in [0.2, 0.25) is 0 Å². The van der Waals surface area contributed by atoms with Crippen LogP contribution in [0.4, 0.5) is 30.4 Å². The summed E-state index contributed by atoms with van der Waals surface area (Å²) in [5, 5.41) is 11.2. The van der Waals surface area contributed by atoms with Gasteiger partial charge in [0.25, 0.3) is 0 Å². The smallest absolute Gasteiger partial charge is 0.354 e. The molecule has 8 aromatic rings. The van der Waals surface area contributed by atoms with Gasteiger partial charge in [-0.3, -0.25) is 4.57 Å². The van der Waals surface area contributed by atoms with Crippen molar-refractivity contribution in [2.24, 2.45) is 0 Å². The van der Waals surface area contributed by atoms with E-state index >= 15 is 0 Å². The average molecular weight is 718 g/mol. The standard InChI is InChI=1S/C46H38F3N5/c1-4-30(2)37(20-13-15-31(3)53-40-21-9-5-16-33(40)34-17-6-10-22-41(34)53)50-38-28-27-32(46(47,48)49)29-39(38)51-44-25-14-26-45(52-44)54-42-23-11-7-18-35(42)36-19-8-12-24-43(36)54/h5-29,50H,4H2,1-3H3,(H,51,52)/b20-13-,31-15+,37-30-. The summed E-state index contributed by atoms with van der Waals surface area (Å²) < 4.78 is 46.6. The summed E-state index contributed by atoms with van der Waals surface area (Å²) in [5.41, 5.74) is 7.07. The number of para-hydroxylation sites is 4. The number of nitrogens with one attached hydrogen (secondary N) is 2. The normalized spacial score (nSPS) is 13.0. The highest BCUT2D eigenvalue weighted by atomic mass is 19.4. The Morgan fingerprint density at radius 1 is 0.667 bits per heavy atom. The Labute approximate surface area is 311 Å². The Kier molecular flexibility index (Phi) is 9.03. The molecule has 0 amide bonds. The van der Waals surface area contributed by atoms with E-state index < -0.39 is 11.7 Å². The lowest BCUT2D eigenvalue weighted by molar-refractivity contribution is -0.137. The van der Waals surface area contributed by atoms with E-state index in [1.54, 1.807) is 6.07 Å². The molecule has 5 aromatic carbocycles. The van der Waals surface area contributed by atoms with E-state index in [0.29, 0.717) is 17.3 Å². The molecular weight excluding hydrogens is 680 g/mol. The molecule has 0 aliphatic heterocycles. The van der Waals surface area contributed by atoms with Crippen LogP contribution in [-0.4, -0.2) is 14.1 Å². The maximum Gasteiger partial charge on any atom is 0.416 e. The summed E-state index contributed by atoms with van der Waals surface area (Å²) in [5.74, 6) is 1.06. The second kappa shape index (κ2) is 14.1. The van der Waals surface area contributed by atoms with Crippen LogP contribution in [0.15, 0.2) is 163 Å². The molecule has 5 nitrogen and oxygen atoms in total. The van der Waals surface area contributed by atoms with Gasteiger partial charge in [-0.05, 0) is 87.0 Å². The summed E-state index contributed by atoms with van der Waals surface area (Å²) in [6, 6.07) is 42.2. The van der Waals surface area contributed by atoms with Gasteiger partial charge in [-0.2, -0.15) is 13.2 Å². The average Bonchev–Trinajstić information content (AvgIpc) is 3.70. The molecule has 8 rings (SSSR count). The predicted molar refractivity (Wildman–Crippen MR) is 218 cm³/mol. The number of halogens is 3. The fourth-order valence-electron chi connectivity index (χ4n) is 7.14. The second-order valence-electron chi connectivity index (χ2n) is 13.3. The zero-order chi connectivity index (χ0) is 37.4. The number of alkyl halides is 3. The molecule has 0 saturated carbocycles. The third-order valence-corrected chi connectivity index (χ3v) is 9.95. The number of allylic oxidation sites excluding steroid dienone is 5. The molecule has 268 valence electrons. The zero-order valence-corrected chi connectivity index (χ0v) is 30.1. The first kappa shape index (κ1) is 34.5. The zero-order valence-electron chi connectivity index (χ0n) is 30.1. The maximum atomic E-state index is 14.1. The lowest BCUT2D eigenvalue weighted by Crippen LogP contribution is -2.09. The van der Waals surface area contributed by atoms with E-state index in [0.717, 1.165) is 68.4 Å². The number of anilines is 3. The lowest BCUT2D eigenvalue weighted by Gasteiger charge is -2.18. The molecule has 0 aliphatic rings. The third-order valence-electron chi connectivity index (χ3n) is 9.95. The van der Waals surface area contributed by atoms with E-state index in [1.807, 2.05) is 79.7 Å². The molecule has 54 heavy (non-hydrogen) atoms. The fraction of sp³-hybridized carbons (Fsp3) is 0.109. The molecule has 3 aromatic heterocycles. The van der Waals surface area contributed by atoms with Crippen molar-refractivity contribution >= 4 is 66.5 Å². The van der Waals surface area contributed by atoms with E-state index in [1.165, 1.54) is 16.8 Å². The van der Waals surface area contributed by atoms with Crippen LogP contribution in [0.5, 0.6) is 0 Å². The van der Waals surface area contributed by atoms with E-state index in [2.05, 4.69) is 88.2 Å². The second-order valence-corrected chi connectivity index (χ2v) is 13.3. The van der Waals surface area contributed by atoms with E-state index in [9.17, 15) is 13.2 Å². The van der Waals surface area contributed by atoms with Crippen molar-refractivity contribution in [2.75, 3.05) is 10.6 Å². The molecule has 0 saturated heterocycles. The summed E-state index contributed by atoms with van der Waals surface area (Å²) in [4.78, 5) is 4.92. The van der Waals surface area contributed by atoms with Gasteiger partial charge in [0.1, 0.15) is 11.6 Å². The van der Waals surface area contributed by atoms with Crippen LogP contribution in [0, 0.1) is 0 Å². The summed E-state index contributed by atoms with van der Waals surface area (Å²) >= 11 is 0. The summed E-state index contributed by atoms with van der Waals surface area (Å²) in [6.45, 7) is 6.15. The Morgan fingerprint density at radius 2 is 1.22 bits per heavy atom. The molecule has 0 unspecified atom stereocenters. The molecule has 0 bridgehead atoms. The number of rotatable bonds is 9. The molecule has 0 spiro atoms. The van der Waals surface area contributed by atoms with Crippen LogP contribution >= 0.6 is 0 Å². The van der Waals surface area contributed by atoms with Crippen molar-refractivity contribution < 1.29 is 13.2 Å². The van der Waals surface area contributed by atoms with Gasteiger partial charge in [-0.25, -0.2) is 4.98 Å². The van der Waals surface area contributed by atoms with Gasteiger partial charge in [0.05, 0.1) is 39.0 Å². The molecular formula is C46H38F3N5. The Morgan fingerprint density at radius 3 is 1.80 bits per heavy atom. The van der Waals surface area contributed by atoms with Crippen molar-refractivity contribution in [3.63, 3.8) is 0 Å². The fourth-order valence-corrected chi connectivity index (χ4v) is 7.14. The van der Waals surface area contributed by atoms with Gasteiger partial charge in [0.15, 0.2) is 0 Å². The molecule has 8 heteroatoms. The van der Waals surface area contributed by atoms with Gasteiger partial charge in [-0.15, -0.1) is 0 Å². The molecule has 3 heterocycles. The topological polar surface area (TPSA) is 46.8 Å². The van der Waals surface area contributed by atoms with Crippen molar-refractivity contribution in [3.05, 3.63) is 169 Å². The molecule has 0 atom stereocenters. The van der Waals surface area contributed by atoms with Gasteiger partial charge >= 0.3 is 6.18 Å². The van der Waals surface area contributed by atoms with Gasteiger partial charge in [0, 0.05) is 32.9 Å². The van der Waals surface area contributed by atoms with E-state index in [4.69, 9.17) is 4.98 Å². The molecule has 0 fully saturated rings.